The number of phenols is 2. The van der Waals surface area contributed by atoms with Crippen molar-refractivity contribution in [1.29, 1.82) is 0 Å². The Morgan fingerprint density at radius 2 is 1.89 bits per heavy atom. The summed E-state index contributed by atoms with van der Waals surface area (Å²) in [6.07, 6.45) is 0. The van der Waals surface area contributed by atoms with Crippen molar-refractivity contribution in [3.8, 4) is 11.5 Å². The van der Waals surface area contributed by atoms with Crippen LogP contribution in [0.3, 0.4) is 0 Å². The molecule has 0 aliphatic carbocycles. The van der Waals surface area contributed by atoms with Gasteiger partial charge in [-0.05, 0) is 19.9 Å². The Morgan fingerprint density at radius 3 is 2.44 bits per heavy atom. The molecule has 5 nitrogen and oxygen atoms in total. The van der Waals surface area contributed by atoms with E-state index in [1.165, 1.54) is 26.0 Å². The number of aromatic hydroxyl groups is 2. The van der Waals surface area contributed by atoms with Gasteiger partial charge in [-0.3, -0.25) is 0 Å². The molecule has 1 heterocycles. The summed E-state index contributed by atoms with van der Waals surface area (Å²) in [5.41, 5.74) is 5.12. The number of fused-ring (bicyclic) bond motifs is 1. The number of phenolic OH excluding ortho intramolecular Hbond substituents is 2. The van der Waals surface area contributed by atoms with E-state index >= 15 is 0 Å². The Bertz CT molecular complexity index is 635. The minimum atomic E-state index is -1.25. The first-order chi connectivity index (χ1) is 8.21. The number of aliphatic hydroxyl groups is 1. The maximum Gasteiger partial charge on any atom is 0.143 e. The number of benzene rings is 1. The third-order valence-corrected chi connectivity index (χ3v) is 2.91. The van der Waals surface area contributed by atoms with Crippen molar-refractivity contribution in [2.75, 3.05) is 5.73 Å². The average Bonchev–Trinajstić information content (AvgIpc) is 2.23. The molecule has 1 aromatic carbocycles. The lowest BCUT2D eigenvalue weighted by atomic mass is 10.0. The molecule has 0 spiro atoms. The van der Waals surface area contributed by atoms with Crippen molar-refractivity contribution in [1.82, 2.24) is 4.98 Å². The van der Waals surface area contributed by atoms with Gasteiger partial charge in [0, 0.05) is 11.5 Å². The largest absolute Gasteiger partial charge is 0.506 e. The monoisotopic (exact) mass is 268 g/mol. The van der Waals surface area contributed by atoms with Crippen LogP contribution in [0, 0.1) is 0 Å². The van der Waals surface area contributed by atoms with Gasteiger partial charge in [0.1, 0.15) is 22.6 Å². The number of rotatable bonds is 1. The van der Waals surface area contributed by atoms with E-state index in [4.69, 9.17) is 17.3 Å². The Hall–Kier alpha value is -1.72. The second-order valence-corrected chi connectivity index (χ2v) is 5.01. The predicted octanol–water partition coefficient (Wildman–Crippen LogP) is 2.11. The fourth-order valence-corrected chi connectivity index (χ4v) is 1.99. The molecule has 0 aliphatic heterocycles. The zero-order valence-corrected chi connectivity index (χ0v) is 10.7. The van der Waals surface area contributed by atoms with Gasteiger partial charge < -0.3 is 21.1 Å². The second-order valence-electron chi connectivity index (χ2n) is 4.61. The zero-order chi connectivity index (χ0) is 13.7. The third-order valence-electron chi connectivity index (χ3n) is 2.62. The Balaban J connectivity index is 2.89. The normalized spacial score (nSPS) is 12.0. The molecule has 6 heteroatoms. The summed E-state index contributed by atoms with van der Waals surface area (Å²) in [7, 11) is 0. The number of nitrogens with zero attached hydrogens (tertiary/aromatic N) is 1. The van der Waals surface area contributed by atoms with E-state index in [-0.39, 0.29) is 38.8 Å². The molecule has 1 aromatic heterocycles. The number of halogens is 1. The molecule has 96 valence electrons. The maximum atomic E-state index is 9.93. The standard InChI is InChI=1S/C12H13ClN2O3/c1-12(2,18)11-7(14)3-5-9(15-11)8(16)4-6(13)10(5)17/h3-4,16-18H,14H2,1-2H3. The number of hydrogen-bond acceptors (Lipinski definition) is 5. The van der Waals surface area contributed by atoms with E-state index in [0.29, 0.717) is 0 Å². The minimum absolute atomic E-state index is 0.0113. The summed E-state index contributed by atoms with van der Waals surface area (Å²) >= 11 is 5.75. The Kier molecular flexibility index (Phi) is 2.76. The van der Waals surface area contributed by atoms with Crippen LogP contribution in [-0.4, -0.2) is 20.3 Å². The molecule has 0 saturated heterocycles. The summed E-state index contributed by atoms with van der Waals surface area (Å²) in [5.74, 6) is -0.385. The number of pyridine rings is 1. The zero-order valence-electron chi connectivity index (χ0n) is 9.90. The molecule has 0 atom stereocenters. The van der Waals surface area contributed by atoms with Gasteiger partial charge in [-0.25, -0.2) is 4.98 Å². The highest BCUT2D eigenvalue weighted by Crippen LogP contribution is 2.39. The van der Waals surface area contributed by atoms with Gasteiger partial charge in [-0.15, -0.1) is 0 Å². The molecule has 0 unspecified atom stereocenters. The number of hydrogen-bond donors (Lipinski definition) is 4. The topological polar surface area (TPSA) is 99.6 Å². The smallest absolute Gasteiger partial charge is 0.143 e. The van der Waals surface area contributed by atoms with Gasteiger partial charge in [0.05, 0.1) is 16.4 Å². The van der Waals surface area contributed by atoms with Gasteiger partial charge in [-0.1, -0.05) is 11.6 Å². The fourth-order valence-electron chi connectivity index (χ4n) is 1.78. The van der Waals surface area contributed by atoms with Crippen LogP contribution in [0.1, 0.15) is 19.5 Å². The van der Waals surface area contributed by atoms with E-state index in [1.807, 2.05) is 0 Å². The van der Waals surface area contributed by atoms with Gasteiger partial charge >= 0.3 is 0 Å². The number of nitrogens with two attached hydrogens (primary N) is 1. The van der Waals surface area contributed by atoms with Gasteiger partial charge in [-0.2, -0.15) is 0 Å². The highest BCUT2D eigenvalue weighted by atomic mass is 35.5. The van der Waals surface area contributed by atoms with Crippen molar-refractivity contribution in [3.05, 3.63) is 22.8 Å². The van der Waals surface area contributed by atoms with Gasteiger partial charge in [0.15, 0.2) is 0 Å². The van der Waals surface area contributed by atoms with Crippen molar-refractivity contribution in [2.24, 2.45) is 0 Å². The third kappa shape index (κ3) is 1.91. The first-order valence-electron chi connectivity index (χ1n) is 5.25. The first kappa shape index (κ1) is 12.7. The predicted molar refractivity (Wildman–Crippen MR) is 69.7 cm³/mol. The van der Waals surface area contributed by atoms with Crippen LogP contribution in [0.25, 0.3) is 10.9 Å². The van der Waals surface area contributed by atoms with Crippen LogP contribution in [-0.2, 0) is 5.60 Å². The molecular formula is C12H13ClN2O3. The molecule has 0 saturated carbocycles. The van der Waals surface area contributed by atoms with Crippen molar-refractivity contribution in [3.63, 3.8) is 0 Å². The molecule has 5 N–H and O–H groups in total. The van der Waals surface area contributed by atoms with Crippen LogP contribution in [0.15, 0.2) is 12.1 Å². The summed E-state index contributed by atoms with van der Waals surface area (Å²) in [5, 5.41) is 29.8. The summed E-state index contributed by atoms with van der Waals surface area (Å²) in [4.78, 5) is 4.10. The van der Waals surface area contributed by atoms with Crippen molar-refractivity contribution >= 4 is 28.2 Å². The molecular weight excluding hydrogens is 256 g/mol. The van der Waals surface area contributed by atoms with Crippen LogP contribution in [0.5, 0.6) is 11.5 Å². The van der Waals surface area contributed by atoms with Gasteiger partial charge in [0.2, 0.25) is 0 Å². The lowest BCUT2D eigenvalue weighted by Gasteiger charge is -2.19. The Morgan fingerprint density at radius 1 is 1.28 bits per heavy atom. The van der Waals surface area contributed by atoms with Crippen LogP contribution >= 0.6 is 11.6 Å². The quantitative estimate of drug-likeness (QED) is 0.594. The number of aromatic nitrogens is 1. The molecule has 18 heavy (non-hydrogen) atoms. The molecule has 0 fully saturated rings. The van der Waals surface area contributed by atoms with Gasteiger partial charge in [0.25, 0.3) is 0 Å². The molecule has 0 aliphatic rings. The molecule has 0 amide bonds. The van der Waals surface area contributed by atoms with E-state index in [9.17, 15) is 15.3 Å². The first-order valence-corrected chi connectivity index (χ1v) is 5.63. The second kappa shape index (κ2) is 3.90. The van der Waals surface area contributed by atoms with E-state index in [1.54, 1.807) is 0 Å². The molecule has 0 bridgehead atoms. The maximum absolute atomic E-state index is 9.93. The van der Waals surface area contributed by atoms with Crippen LogP contribution < -0.4 is 5.73 Å². The highest BCUT2D eigenvalue weighted by molar-refractivity contribution is 6.33. The fraction of sp³-hybridized carbons (Fsp3) is 0.250. The summed E-state index contributed by atoms with van der Waals surface area (Å²) in [6, 6.07) is 2.62. The SMILES string of the molecule is CC(C)(O)c1nc2c(O)cc(Cl)c(O)c2cc1N. The number of anilines is 1. The lowest BCUT2D eigenvalue weighted by Crippen LogP contribution is -2.19. The molecule has 2 rings (SSSR count). The van der Waals surface area contributed by atoms with Crippen molar-refractivity contribution < 1.29 is 15.3 Å². The molecule has 2 aromatic rings. The average molecular weight is 269 g/mol. The highest BCUT2D eigenvalue weighted by Gasteiger charge is 2.23. The van der Waals surface area contributed by atoms with E-state index in [0.717, 1.165) is 0 Å². The minimum Gasteiger partial charge on any atom is -0.506 e. The van der Waals surface area contributed by atoms with E-state index in [2.05, 4.69) is 4.98 Å². The molecule has 0 radical (unpaired) electrons. The summed E-state index contributed by atoms with van der Waals surface area (Å²) < 4.78 is 0. The van der Waals surface area contributed by atoms with Crippen LogP contribution in [0.4, 0.5) is 5.69 Å². The van der Waals surface area contributed by atoms with Crippen LogP contribution in [0.2, 0.25) is 5.02 Å². The number of nitrogen functional groups attached to an aromatic ring is 1. The Labute approximate surface area is 108 Å². The summed E-state index contributed by atoms with van der Waals surface area (Å²) in [6.45, 7) is 3.06. The van der Waals surface area contributed by atoms with E-state index < -0.39 is 5.60 Å². The van der Waals surface area contributed by atoms with Crippen molar-refractivity contribution in [2.45, 2.75) is 19.4 Å². The lowest BCUT2D eigenvalue weighted by molar-refractivity contribution is 0.0750.